The van der Waals surface area contributed by atoms with Crippen molar-refractivity contribution in [2.24, 2.45) is 5.92 Å². The number of hydrogen-bond acceptors (Lipinski definition) is 4. The zero-order valence-corrected chi connectivity index (χ0v) is 7.67. The molecule has 84 valence electrons. The molecule has 0 saturated carbocycles. The van der Waals surface area contributed by atoms with Crippen LogP contribution in [0.3, 0.4) is 0 Å². The van der Waals surface area contributed by atoms with Crippen LogP contribution in [-0.4, -0.2) is 39.0 Å². The highest BCUT2D eigenvalue weighted by molar-refractivity contribution is 5.96. The van der Waals surface area contributed by atoms with Crippen molar-refractivity contribution >= 4 is 23.7 Å². The topological polar surface area (TPSA) is 129 Å². The quantitative estimate of drug-likeness (QED) is 0.495. The summed E-state index contributed by atoms with van der Waals surface area (Å²) < 4.78 is 0. The molecule has 15 heavy (non-hydrogen) atoms. The van der Waals surface area contributed by atoms with E-state index in [9.17, 15) is 19.2 Å². The standard InChI is InChI=1S/C8H10O7/c9-5(3-7(12)13)1-4(8(14)15)2-6(10)11/h4H,1-3H2,(H,10,11)(H,12,13)(H,14,15). The second-order valence-corrected chi connectivity index (χ2v) is 2.95. The van der Waals surface area contributed by atoms with Crippen LogP contribution in [0.2, 0.25) is 0 Å². The third-order valence-corrected chi connectivity index (χ3v) is 1.59. The number of aliphatic carboxylic acids is 3. The zero-order valence-electron chi connectivity index (χ0n) is 7.67. The first-order chi connectivity index (χ1) is 6.82. The van der Waals surface area contributed by atoms with E-state index in [1.807, 2.05) is 0 Å². The SMILES string of the molecule is O=C(O)CC(=O)CC(CC(=O)O)C(=O)O. The van der Waals surface area contributed by atoms with Crippen molar-refractivity contribution in [1.29, 1.82) is 0 Å². The van der Waals surface area contributed by atoms with Crippen molar-refractivity contribution < 1.29 is 34.5 Å². The predicted molar refractivity (Wildman–Crippen MR) is 45.3 cm³/mol. The van der Waals surface area contributed by atoms with E-state index in [4.69, 9.17) is 15.3 Å². The van der Waals surface area contributed by atoms with Crippen LogP contribution in [0.25, 0.3) is 0 Å². The maximum atomic E-state index is 10.9. The number of rotatable bonds is 7. The minimum Gasteiger partial charge on any atom is -0.481 e. The summed E-state index contributed by atoms with van der Waals surface area (Å²) in [6, 6.07) is 0. The van der Waals surface area contributed by atoms with Gasteiger partial charge in [-0.1, -0.05) is 0 Å². The lowest BCUT2D eigenvalue weighted by Crippen LogP contribution is -2.22. The molecular formula is C8H10O7. The molecule has 0 rings (SSSR count). The molecule has 7 nitrogen and oxygen atoms in total. The van der Waals surface area contributed by atoms with Gasteiger partial charge in [-0.05, 0) is 0 Å². The molecule has 1 atom stereocenters. The molecule has 0 heterocycles. The smallest absolute Gasteiger partial charge is 0.310 e. The van der Waals surface area contributed by atoms with Gasteiger partial charge in [-0.2, -0.15) is 0 Å². The van der Waals surface area contributed by atoms with E-state index < -0.39 is 48.9 Å². The number of hydrogen-bond donors (Lipinski definition) is 3. The largest absolute Gasteiger partial charge is 0.481 e. The van der Waals surface area contributed by atoms with E-state index in [1.165, 1.54) is 0 Å². The zero-order chi connectivity index (χ0) is 12.0. The van der Waals surface area contributed by atoms with Crippen LogP contribution >= 0.6 is 0 Å². The fourth-order valence-electron chi connectivity index (χ4n) is 0.973. The van der Waals surface area contributed by atoms with Crippen LogP contribution in [0.5, 0.6) is 0 Å². The summed E-state index contributed by atoms with van der Waals surface area (Å²) in [7, 11) is 0. The van der Waals surface area contributed by atoms with Crippen molar-refractivity contribution in [3.05, 3.63) is 0 Å². The minimum atomic E-state index is -1.42. The molecule has 1 unspecified atom stereocenters. The van der Waals surface area contributed by atoms with Crippen molar-refractivity contribution in [2.75, 3.05) is 0 Å². The van der Waals surface area contributed by atoms with Gasteiger partial charge in [-0.15, -0.1) is 0 Å². The Hall–Kier alpha value is -1.92. The Labute approximate surface area is 84.3 Å². The van der Waals surface area contributed by atoms with Gasteiger partial charge in [0.05, 0.1) is 12.3 Å². The van der Waals surface area contributed by atoms with Gasteiger partial charge in [-0.25, -0.2) is 0 Å². The number of carboxylic acid groups (broad SMARTS) is 3. The van der Waals surface area contributed by atoms with E-state index >= 15 is 0 Å². The molecular weight excluding hydrogens is 208 g/mol. The first-order valence-electron chi connectivity index (χ1n) is 4.01. The summed E-state index contributed by atoms with van der Waals surface area (Å²) in [5.41, 5.74) is 0. The summed E-state index contributed by atoms with van der Waals surface area (Å²) >= 11 is 0. The van der Waals surface area contributed by atoms with E-state index in [0.29, 0.717) is 0 Å². The first kappa shape index (κ1) is 13.1. The van der Waals surface area contributed by atoms with Crippen LogP contribution in [0.4, 0.5) is 0 Å². The molecule has 0 spiro atoms. The highest BCUT2D eigenvalue weighted by atomic mass is 16.4. The summed E-state index contributed by atoms with van der Waals surface area (Å²) in [6.45, 7) is 0. The lowest BCUT2D eigenvalue weighted by Gasteiger charge is -2.07. The van der Waals surface area contributed by atoms with E-state index in [0.717, 1.165) is 0 Å². The van der Waals surface area contributed by atoms with Crippen LogP contribution in [0, 0.1) is 5.92 Å². The second kappa shape index (κ2) is 5.74. The molecule has 3 N–H and O–H groups in total. The van der Waals surface area contributed by atoms with Crippen LogP contribution in [0.15, 0.2) is 0 Å². The van der Waals surface area contributed by atoms with Crippen LogP contribution < -0.4 is 0 Å². The van der Waals surface area contributed by atoms with Crippen LogP contribution in [-0.2, 0) is 19.2 Å². The van der Waals surface area contributed by atoms with Crippen molar-refractivity contribution in [3.8, 4) is 0 Å². The Kier molecular flexibility index (Phi) is 5.00. The molecule has 0 aromatic carbocycles. The van der Waals surface area contributed by atoms with Gasteiger partial charge >= 0.3 is 17.9 Å². The Morgan fingerprint density at radius 1 is 0.867 bits per heavy atom. The Bertz CT molecular complexity index is 293. The summed E-state index contributed by atoms with van der Waals surface area (Å²) in [5.74, 6) is -6.29. The highest BCUT2D eigenvalue weighted by Gasteiger charge is 2.24. The molecule has 0 bridgehead atoms. The van der Waals surface area contributed by atoms with Gasteiger partial charge in [0.25, 0.3) is 0 Å². The monoisotopic (exact) mass is 218 g/mol. The van der Waals surface area contributed by atoms with Crippen LogP contribution in [0.1, 0.15) is 19.3 Å². The average molecular weight is 218 g/mol. The molecule has 0 aliphatic carbocycles. The third-order valence-electron chi connectivity index (χ3n) is 1.59. The van der Waals surface area contributed by atoms with Gasteiger partial charge in [0.1, 0.15) is 12.2 Å². The van der Waals surface area contributed by atoms with Gasteiger partial charge in [-0.3, -0.25) is 19.2 Å². The lowest BCUT2D eigenvalue weighted by molar-refractivity contribution is -0.150. The van der Waals surface area contributed by atoms with Crippen molar-refractivity contribution in [2.45, 2.75) is 19.3 Å². The van der Waals surface area contributed by atoms with E-state index in [1.54, 1.807) is 0 Å². The van der Waals surface area contributed by atoms with Crippen molar-refractivity contribution in [3.63, 3.8) is 0 Å². The normalized spacial score (nSPS) is 11.7. The predicted octanol–water partition coefficient (Wildman–Crippen LogP) is -0.404. The van der Waals surface area contributed by atoms with Crippen molar-refractivity contribution in [1.82, 2.24) is 0 Å². The van der Waals surface area contributed by atoms with E-state index in [-0.39, 0.29) is 0 Å². The fourth-order valence-corrected chi connectivity index (χ4v) is 0.973. The summed E-state index contributed by atoms with van der Waals surface area (Å²) in [6.07, 6.45) is -2.06. The van der Waals surface area contributed by atoms with Gasteiger partial charge in [0.2, 0.25) is 0 Å². The molecule has 7 heteroatoms. The molecule has 0 saturated heterocycles. The molecule has 0 radical (unpaired) electrons. The number of carbonyl (C=O) groups excluding carboxylic acids is 1. The van der Waals surface area contributed by atoms with E-state index in [2.05, 4.69) is 0 Å². The third kappa shape index (κ3) is 6.19. The summed E-state index contributed by atoms with van der Waals surface area (Å²) in [5, 5.41) is 25.1. The van der Waals surface area contributed by atoms with Gasteiger partial charge in [0, 0.05) is 6.42 Å². The first-order valence-corrected chi connectivity index (χ1v) is 4.01. The number of carboxylic acids is 3. The Balaban J connectivity index is 4.28. The molecule has 0 aliphatic rings. The molecule has 0 amide bonds. The number of Topliss-reactive ketones (excluding diaryl/α,β-unsaturated/α-hetero) is 1. The minimum absolute atomic E-state index is 0.575. The Morgan fingerprint density at radius 2 is 1.40 bits per heavy atom. The molecule has 0 aromatic heterocycles. The maximum Gasteiger partial charge on any atom is 0.310 e. The second-order valence-electron chi connectivity index (χ2n) is 2.95. The van der Waals surface area contributed by atoms with Gasteiger partial charge in [0.15, 0.2) is 0 Å². The van der Waals surface area contributed by atoms with Gasteiger partial charge < -0.3 is 15.3 Å². The lowest BCUT2D eigenvalue weighted by atomic mass is 9.98. The highest BCUT2D eigenvalue weighted by Crippen LogP contribution is 2.11. The molecule has 0 fully saturated rings. The summed E-state index contributed by atoms with van der Waals surface area (Å²) in [4.78, 5) is 41.7. The average Bonchev–Trinajstić information content (AvgIpc) is 1.99. The maximum absolute atomic E-state index is 10.9. The number of carbonyl (C=O) groups is 4. The number of ketones is 1. The molecule has 0 aliphatic heterocycles. The Morgan fingerprint density at radius 3 is 1.73 bits per heavy atom. The molecule has 0 aromatic rings. The fraction of sp³-hybridized carbons (Fsp3) is 0.500.